The van der Waals surface area contributed by atoms with Gasteiger partial charge in [-0.3, -0.25) is 4.90 Å². The Hall–Kier alpha value is -1.10. The molecule has 1 unspecified atom stereocenters. The fraction of sp³-hybridized carbons (Fsp3) is 0.647. The zero-order chi connectivity index (χ0) is 15.1. The Bertz CT molecular complexity index is 416. The van der Waals surface area contributed by atoms with Crippen LogP contribution in [-0.4, -0.2) is 62.2 Å². The Morgan fingerprint density at radius 2 is 2.00 bits per heavy atom. The molecule has 0 aliphatic carbocycles. The van der Waals surface area contributed by atoms with Crippen molar-refractivity contribution in [3.63, 3.8) is 0 Å². The molecule has 1 aromatic rings. The first-order valence-electron chi connectivity index (χ1n) is 8.05. The van der Waals surface area contributed by atoms with Crippen LogP contribution in [0.3, 0.4) is 0 Å². The molecule has 0 aromatic heterocycles. The minimum Gasteiger partial charge on any atom is -0.492 e. The quantitative estimate of drug-likeness (QED) is 0.828. The number of nitrogens with two attached hydrogens (primary N) is 1. The van der Waals surface area contributed by atoms with E-state index in [0.29, 0.717) is 0 Å². The molecule has 1 atom stereocenters. The largest absolute Gasteiger partial charge is 0.492 e. The Morgan fingerprint density at radius 3 is 2.71 bits per heavy atom. The van der Waals surface area contributed by atoms with Crippen molar-refractivity contribution in [1.82, 2.24) is 9.80 Å². The van der Waals surface area contributed by atoms with Crippen molar-refractivity contribution in [2.75, 3.05) is 46.4 Å². The molecule has 0 spiro atoms. The molecule has 118 valence electrons. The molecule has 2 rings (SSSR count). The minimum absolute atomic E-state index is 0.241. The van der Waals surface area contributed by atoms with Gasteiger partial charge in [0.2, 0.25) is 0 Å². The second-order valence-electron chi connectivity index (χ2n) is 6.01. The van der Waals surface area contributed by atoms with Crippen LogP contribution in [0.1, 0.15) is 18.9 Å². The zero-order valence-corrected chi connectivity index (χ0v) is 13.4. The standard InChI is InChI=1S/C17H29N3O/c1-3-16(18)13-15-5-4-6-17(14-15)21-12-11-20-9-7-19(2)8-10-20/h4-6,14,16H,3,7-13,18H2,1-2H3. The molecule has 0 radical (unpaired) electrons. The third kappa shape index (κ3) is 5.65. The molecule has 1 aromatic carbocycles. The summed E-state index contributed by atoms with van der Waals surface area (Å²) in [6.07, 6.45) is 1.93. The van der Waals surface area contributed by atoms with Crippen molar-refractivity contribution in [1.29, 1.82) is 0 Å². The first-order chi connectivity index (χ1) is 10.2. The molecule has 4 nitrogen and oxygen atoms in total. The van der Waals surface area contributed by atoms with E-state index in [0.717, 1.165) is 57.9 Å². The maximum absolute atomic E-state index is 6.01. The van der Waals surface area contributed by atoms with Gasteiger partial charge in [-0.25, -0.2) is 0 Å². The molecule has 21 heavy (non-hydrogen) atoms. The number of ether oxygens (including phenoxy) is 1. The maximum Gasteiger partial charge on any atom is 0.119 e. The Morgan fingerprint density at radius 1 is 1.24 bits per heavy atom. The summed E-state index contributed by atoms with van der Waals surface area (Å²) >= 11 is 0. The van der Waals surface area contributed by atoms with Gasteiger partial charge in [0.05, 0.1) is 0 Å². The lowest BCUT2D eigenvalue weighted by molar-refractivity contribution is 0.133. The van der Waals surface area contributed by atoms with Gasteiger partial charge in [-0.1, -0.05) is 19.1 Å². The normalized spacial score (nSPS) is 18.6. The molecule has 1 aliphatic rings. The van der Waals surface area contributed by atoms with Crippen molar-refractivity contribution >= 4 is 0 Å². The number of hydrogen-bond acceptors (Lipinski definition) is 4. The molecule has 0 saturated carbocycles. The highest BCUT2D eigenvalue weighted by atomic mass is 16.5. The van der Waals surface area contributed by atoms with Gasteiger partial charge < -0.3 is 15.4 Å². The molecular formula is C17H29N3O. The number of nitrogens with zero attached hydrogens (tertiary/aromatic N) is 2. The summed E-state index contributed by atoms with van der Waals surface area (Å²) in [6.45, 7) is 8.49. The van der Waals surface area contributed by atoms with Gasteiger partial charge in [-0.05, 0) is 37.6 Å². The lowest BCUT2D eigenvalue weighted by atomic mass is 10.0. The first kappa shape index (κ1) is 16.3. The summed E-state index contributed by atoms with van der Waals surface area (Å²) < 4.78 is 5.90. The molecule has 2 N–H and O–H groups in total. The fourth-order valence-corrected chi connectivity index (χ4v) is 2.57. The third-order valence-corrected chi connectivity index (χ3v) is 4.19. The van der Waals surface area contributed by atoms with Crippen LogP contribution in [0.4, 0.5) is 0 Å². The highest BCUT2D eigenvalue weighted by Gasteiger charge is 2.13. The van der Waals surface area contributed by atoms with E-state index in [1.165, 1.54) is 5.56 Å². The molecular weight excluding hydrogens is 262 g/mol. The summed E-state index contributed by atoms with van der Waals surface area (Å²) in [7, 11) is 2.18. The molecule has 0 bridgehead atoms. The molecule has 4 heteroatoms. The monoisotopic (exact) mass is 291 g/mol. The molecule has 1 fully saturated rings. The summed E-state index contributed by atoms with van der Waals surface area (Å²) in [4.78, 5) is 4.84. The predicted molar refractivity (Wildman–Crippen MR) is 87.8 cm³/mol. The SMILES string of the molecule is CCC(N)Cc1cccc(OCCN2CCN(C)CC2)c1. The van der Waals surface area contributed by atoms with Gasteiger partial charge >= 0.3 is 0 Å². The summed E-state index contributed by atoms with van der Waals surface area (Å²) in [6, 6.07) is 8.58. The van der Waals surface area contributed by atoms with Gasteiger partial charge in [0.25, 0.3) is 0 Å². The number of rotatable bonds is 7. The summed E-state index contributed by atoms with van der Waals surface area (Å²) in [5.41, 5.74) is 7.28. The van der Waals surface area contributed by atoms with Crippen LogP contribution in [0.2, 0.25) is 0 Å². The van der Waals surface area contributed by atoms with Gasteiger partial charge in [0.15, 0.2) is 0 Å². The number of benzene rings is 1. The predicted octanol–water partition coefficient (Wildman–Crippen LogP) is 1.59. The summed E-state index contributed by atoms with van der Waals surface area (Å²) in [5.74, 6) is 0.963. The van der Waals surface area contributed by atoms with Crippen LogP contribution >= 0.6 is 0 Å². The number of piperazine rings is 1. The minimum atomic E-state index is 0.241. The van der Waals surface area contributed by atoms with Crippen LogP contribution in [0.15, 0.2) is 24.3 Å². The van der Waals surface area contributed by atoms with Gasteiger partial charge in [0.1, 0.15) is 12.4 Å². The lowest BCUT2D eigenvalue weighted by Crippen LogP contribution is -2.45. The van der Waals surface area contributed by atoms with E-state index >= 15 is 0 Å². The van der Waals surface area contributed by atoms with E-state index in [1.54, 1.807) is 0 Å². The number of likely N-dealkylation sites (N-methyl/N-ethyl adjacent to an activating group) is 1. The Labute approximate surface area is 128 Å². The summed E-state index contributed by atoms with van der Waals surface area (Å²) in [5, 5.41) is 0. The van der Waals surface area contributed by atoms with E-state index < -0.39 is 0 Å². The zero-order valence-electron chi connectivity index (χ0n) is 13.4. The Kier molecular flexibility index (Phi) is 6.49. The van der Waals surface area contributed by atoms with Crippen LogP contribution in [0.25, 0.3) is 0 Å². The second-order valence-corrected chi connectivity index (χ2v) is 6.01. The maximum atomic E-state index is 6.01. The van der Waals surface area contributed by atoms with E-state index in [4.69, 9.17) is 10.5 Å². The van der Waals surface area contributed by atoms with E-state index in [2.05, 4.69) is 42.0 Å². The first-order valence-corrected chi connectivity index (χ1v) is 8.05. The van der Waals surface area contributed by atoms with Crippen LogP contribution in [0.5, 0.6) is 5.75 Å². The smallest absolute Gasteiger partial charge is 0.119 e. The van der Waals surface area contributed by atoms with Crippen LogP contribution < -0.4 is 10.5 Å². The van der Waals surface area contributed by atoms with Crippen molar-refractivity contribution in [2.45, 2.75) is 25.8 Å². The Balaban J connectivity index is 1.74. The highest BCUT2D eigenvalue weighted by molar-refractivity contribution is 5.29. The van der Waals surface area contributed by atoms with Crippen molar-refractivity contribution < 1.29 is 4.74 Å². The van der Waals surface area contributed by atoms with Gasteiger partial charge in [-0.15, -0.1) is 0 Å². The van der Waals surface area contributed by atoms with Gasteiger partial charge in [-0.2, -0.15) is 0 Å². The third-order valence-electron chi connectivity index (χ3n) is 4.19. The average molecular weight is 291 g/mol. The lowest BCUT2D eigenvalue weighted by Gasteiger charge is -2.32. The molecule has 1 heterocycles. The van der Waals surface area contributed by atoms with Gasteiger partial charge in [0, 0.05) is 38.8 Å². The second kappa shape index (κ2) is 8.37. The molecule has 1 saturated heterocycles. The van der Waals surface area contributed by atoms with Crippen LogP contribution in [-0.2, 0) is 6.42 Å². The molecule has 1 aliphatic heterocycles. The topological polar surface area (TPSA) is 41.7 Å². The molecule has 0 amide bonds. The average Bonchev–Trinajstić information content (AvgIpc) is 2.49. The number of hydrogen-bond donors (Lipinski definition) is 1. The van der Waals surface area contributed by atoms with Crippen molar-refractivity contribution in [2.24, 2.45) is 5.73 Å². The van der Waals surface area contributed by atoms with Crippen molar-refractivity contribution in [3.05, 3.63) is 29.8 Å². The van der Waals surface area contributed by atoms with Crippen LogP contribution in [0, 0.1) is 0 Å². The highest BCUT2D eigenvalue weighted by Crippen LogP contribution is 2.15. The van der Waals surface area contributed by atoms with E-state index in [9.17, 15) is 0 Å². The van der Waals surface area contributed by atoms with E-state index in [1.807, 2.05) is 6.07 Å². The van der Waals surface area contributed by atoms with Crippen molar-refractivity contribution in [3.8, 4) is 5.75 Å². The van der Waals surface area contributed by atoms with E-state index in [-0.39, 0.29) is 6.04 Å². The fourth-order valence-electron chi connectivity index (χ4n) is 2.57.